The van der Waals surface area contributed by atoms with E-state index in [0.29, 0.717) is 43.1 Å². The molecule has 0 aliphatic carbocycles. The lowest BCUT2D eigenvalue weighted by molar-refractivity contribution is -0.241. The van der Waals surface area contributed by atoms with Gasteiger partial charge in [0.2, 0.25) is 18.1 Å². The first kappa shape index (κ1) is 53.4. The van der Waals surface area contributed by atoms with E-state index in [4.69, 9.17) is 28.5 Å². The van der Waals surface area contributed by atoms with Crippen LogP contribution in [0.5, 0.6) is 11.5 Å². The molecular formula is C46H59N5O15S. The second-order valence-electron chi connectivity index (χ2n) is 16.0. The second kappa shape index (κ2) is 27.4. The van der Waals surface area contributed by atoms with Gasteiger partial charge in [0, 0.05) is 62.9 Å². The van der Waals surface area contributed by atoms with Gasteiger partial charge in [0.25, 0.3) is 5.91 Å². The van der Waals surface area contributed by atoms with E-state index in [0.717, 1.165) is 48.8 Å². The number of benzene rings is 2. The van der Waals surface area contributed by atoms with Crippen LogP contribution in [0.2, 0.25) is 0 Å². The average Bonchev–Trinajstić information content (AvgIpc) is 3.31. The Kier molecular flexibility index (Phi) is 21.9. The van der Waals surface area contributed by atoms with E-state index in [-0.39, 0.29) is 73.0 Å². The van der Waals surface area contributed by atoms with Gasteiger partial charge in [-0.3, -0.25) is 24.3 Å². The molecule has 5 rings (SSSR count). The molecule has 0 unspecified atom stereocenters. The molecule has 2 aliphatic heterocycles. The van der Waals surface area contributed by atoms with Crippen molar-refractivity contribution in [1.82, 2.24) is 20.1 Å². The number of piperidine rings is 1. The predicted octanol–water partition coefficient (Wildman–Crippen LogP) is 2.93. The topological polar surface area (TPSA) is 278 Å². The van der Waals surface area contributed by atoms with Gasteiger partial charge < -0.3 is 49.8 Å². The molecule has 20 nitrogen and oxygen atoms in total. The smallest absolute Gasteiger partial charge is 0.412 e. The number of aromatic nitrogens is 1. The van der Waals surface area contributed by atoms with Crippen LogP contribution in [0.25, 0.3) is 6.08 Å². The van der Waals surface area contributed by atoms with Crippen molar-refractivity contribution in [3.8, 4) is 11.5 Å². The zero-order valence-electron chi connectivity index (χ0n) is 37.5. The van der Waals surface area contributed by atoms with Crippen LogP contribution in [-0.2, 0) is 45.1 Å². The van der Waals surface area contributed by atoms with Crippen molar-refractivity contribution in [3.05, 3.63) is 89.8 Å². The standard InChI is InChI=1S/C45H59N5O13S.CO2/c1-3-8-40(53)48-36-25-33(13-15-38(36)63-44-42(55)41(54)37(51)29-60-44)28-61-45(57)50(23-24-64(2,58)59)30-62-35-12-6-11-34(26-35)43(56)49-21-17-31(18-22-49)9-4-5-20-47-39(52)16-14-32-10-7-19-46-27-32;2-1-3/h6-7,10-16,19,25-27,31,37,41-42,44,51,54-55H,3-5,8-9,17-18,20-24,28-30H2,1-2H3,(H,47,52)(H,48,53);/b16-14+;/t37-,41+,42-,44+;/m1./s1. The third-order valence-corrected chi connectivity index (χ3v) is 11.6. The van der Waals surface area contributed by atoms with Gasteiger partial charge in [-0.25, -0.2) is 13.2 Å². The molecule has 5 N–H and O–H groups in total. The van der Waals surface area contributed by atoms with Gasteiger partial charge in [0.15, 0.2) is 6.73 Å². The molecule has 2 fully saturated rings. The van der Waals surface area contributed by atoms with Crippen molar-refractivity contribution in [1.29, 1.82) is 0 Å². The molecule has 4 atom stereocenters. The third-order valence-electron chi connectivity index (χ3n) is 10.7. The zero-order chi connectivity index (χ0) is 48.8. The monoisotopic (exact) mass is 953 g/mol. The van der Waals surface area contributed by atoms with Gasteiger partial charge in [-0.2, -0.15) is 9.59 Å². The summed E-state index contributed by atoms with van der Waals surface area (Å²) in [6.07, 6.45) is 6.53. The van der Waals surface area contributed by atoms with Crippen molar-refractivity contribution in [2.45, 2.75) is 83.1 Å². The molecule has 0 spiro atoms. The maximum atomic E-state index is 13.5. The van der Waals surface area contributed by atoms with Crippen LogP contribution in [0.3, 0.4) is 0 Å². The molecule has 2 aliphatic rings. The normalized spacial score (nSPS) is 18.4. The van der Waals surface area contributed by atoms with Crippen molar-refractivity contribution >= 4 is 51.6 Å². The molecule has 0 saturated carbocycles. The van der Waals surface area contributed by atoms with Crippen LogP contribution in [0.15, 0.2) is 73.1 Å². The molecule has 0 bridgehead atoms. The highest BCUT2D eigenvalue weighted by Gasteiger charge is 2.39. The van der Waals surface area contributed by atoms with Crippen molar-refractivity contribution in [3.63, 3.8) is 0 Å². The summed E-state index contributed by atoms with van der Waals surface area (Å²) in [6.45, 7) is 2.38. The summed E-state index contributed by atoms with van der Waals surface area (Å²) in [5.41, 5.74) is 1.84. The highest BCUT2D eigenvalue weighted by atomic mass is 32.2. The van der Waals surface area contributed by atoms with Gasteiger partial charge in [0.05, 0.1) is 18.0 Å². The number of amides is 4. The number of carbonyl (C=O) groups excluding carboxylic acids is 6. The largest absolute Gasteiger partial charge is 0.473 e. The first-order chi connectivity index (χ1) is 32.1. The molecule has 2 saturated heterocycles. The van der Waals surface area contributed by atoms with Crippen LogP contribution in [0.4, 0.5) is 10.5 Å². The molecule has 364 valence electrons. The lowest BCUT2D eigenvalue weighted by atomic mass is 9.91. The minimum atomic E-state index is -3.49. The van der Waals surface area contributed by atoms with Crippen molar-refractivity contribution < 1.29 is 71.5 Å². The number of rotatable bonds is 21. The Morgan fingerprint density at radius 2 is 1.78 bits per heavy atom. The highest BCUT2D eigenvalue weighted by molar-refractivity contribution is 7.90. The Morgan fingerprint density at radius 1 is 1.01 bits per heavy atom. The Bertz CT molecular complexity index is 2250. The SMILES string of the molecule is CCCC(=O)Nc1cc(COC(=O)N(CCS(C)(=O)=O)COc2cccc(C(=O)N3CCC(CCCCNC(=O)/C=C/c4cccnc4)CC3)c2)ccc1O[C@@H]1OC[C@@H](O)[C@H](O)[C@H]1O.O=C=O. The summed E-state index contributed by atoms with van der Waals surface area (Å²) in [6, 6.07) is 14.7. The zero-order valence-corrected chi connectivity index (χ0v) is 38.3. The number of aliphatic hydroxyl groups excluding tert-OH is 3. The van der Waals surface area contributed by atoms with E-state index >= 15 is 0 Å². The molecule has 3 heterocycles. The van der Waals surface area contributed by atoms with E-state index in [1.54, 1.807) is 42.7 Å². The Balaban J connectivity index is 0.00000318. The summed E-state index contributed by atoms with van der Waals surface area (Å²) in [4.78, 5) is 74.8. The summed E-state index contributed by atoms with van der Waals surface area (Å²) in [5.74, 6) is -0.166. The minimum Gasteiger partial charge on any atom is -0.473 e. The van der Waals surface area contributed by atoms with E-state index in [1.165, 1.54) is 24.3 Å². The van der Waals surface area contributed by atoms with E-state index in [1.807, 2.05) is 24.0 Å². The fourth-order valence-electron chi connectivity index (χ4n) is 6.99. The average molecular weight is 954 g/mol. The first-order valence-corrected chi connectivity index (χ1v) is 23.9. The maximum Gasteiger partial charge on any atom is 0.412 e. The number of sulfone groups is 1. The van der Waals surface area contributed by atoms with Gasteiger partial charge in [-0.1, -0.05) is 38.0 Å². The number of hydrogen-bond donors (Lipinski definition) is 5. The quantitative estimate of drug-likeness (QED) is 0.0583. The van der Waals surface area contributed by atoms with E-state index in [2.05, 4.69) is 15.6 Å². The minimum absolute atomic E-state index is 0.0816. The number of carbonyl (C=O) groups is 4. The number of unbranched alkanes of at least 4 members (excludes halogenated alkanes) is 1. The van der Waals surface area contributed by atoms with E-state index < -0.39 is 47.3 Å². The van der Waals surface area contributed by atoms with Crippen LogP contribution < -0.4 is 20.1 Å². The molecular weight excluding hydrogens is 895 g/mol. The van der Waals surface area contributed by atoms with Gasteiger partial charge >= 0.3 is 12.2 Å². The Hall–Kier alpha value is -6.22. The number of nitrogens with one attached hydrogen (secondary N) is 2. The van der Waals surface area contributed by atoms with Crippen LogP contribution in [0.1, 0.15) is 73.4 Å². The molecule has 4 amide bonds. The Labute approximate surface area is 389 Å². The lowest BCUT2D eigenvalue weighted by Crippen LogP contribution is -2.54. The summed E-state index contributed by atoms with van der Waals surface area (Å²) >= 11 is 0. The number of likely N-dealkylation sites (tertiary alicyclic amines) is 1. The molecule has 3 aromatic rings. The van der Waals surface area contributed by atoms with E-state index in [9.17, 15) is 42.9 Å². The van der Waals surface area contributed by atoms with Crippen LogP contribution in [-0.4, -0.2) is 145 Å². The molecule has 21 heteroatoms. The van der Waals surface area contributed by atoms with Crippen molar-refractivity contribution in [2.24, 2.45) is 5.92 Å². The van der Waals surface area contributed by atoms with Crippen LogP contribution in [0, 0.1) is 5.92 Å². The second-order valence-corrected chi connectivity index (χ2v) is 18.2. The van der Waals surface area contributed by atoms with Gasteiger partial charge in [-0.05, 0) is 85.2 Å². The number of aliphatic hydroxyl groups is 3. The summed E-state index contributed by atoms with van der Waals surface area (Å²) < 4.78 is 46.8. The highest BCUT2D eigenvalue weighted by Crippen LogP contribution is 2.30. The van der Waals surface area contributed by atoms with Gasteiger partial charge in [0.1, 0.15) is 46.3 Å². The first-order valence-electron chi connectivity index (χ1n) is 21.8. The lowest BCUT2D eigenvalue weighted by Gasteiger charge is -2.35. The summed E-state index contributed by atoms with van der Waals surface area (Å²) in [7, 11) is -3.49. The summed E-state index contributed by atoms with van der Waals surface area (Å²) in [5, 5.41) is 35.9. The molecule has 2 aromatic carbocycles. The number of nitrogens with zero attached hydrogens (tertiary/aromatic N) is 3. The number of anilines is 1. The van der Waals surface area contributed by atoms with Gasteiger partial charge in [-0.15, -0.1) is 0 Å². The van der Waals surface area contributed by atoms with Crippen LogP contribution >= 0.6 is 0 Å². The fourth-order valence-corrected chi connectivity index (χ4v) is 7.54. The molecule has 0 radical (unpaired) electrons. The molecule has 1 aromatic heterocycles. The molecule has 67 heavy (non-hydrogen) atoms. The number of pyridine rings is 1. The maximum absolute atomic E-state index is 13.5. The predicted molar refractivity (Wildman–Crippen MR) is 241 cm³/mol. The number of hydrogen-bond acceptors (Lipinski definition) is 16. The Morgan fingerprint density at radius 3 is 2.48 bits per heavy atom. The fraction of sp³-hybridized carbons (Fsp3) is 0.478. The number of ether oxygens (including phenoxy) is 4. The van der Waals surface area contributed by atoms with Crippen molar-refractivity contribution in [2.75, 3.05) is 56.8 Å². The third kappa shape index (κ3) is 18.5.